The number of ketones is 1. The Kier molecular flexibility index (Phi) is 4.32. The van der Waals surface area contributed by atoms with Gasteiger partial charge in [0.2, 0.25) is 5.91 Å². The average molecular weight is 356 g/mol. The number of rotatable bonds is 4. The quantitative estimate of drug-likeness (QED) is 0.555. The molecule has 1 heterocycles. The zero-order valence-corrected chi connectivity index (χ0v) is 15.4. The zero-order valence-electron chi connectivity index (χ0n) is 15.4. The summed E-state index contributed by atoms with van der Waals surface area (Å²) >= 11 is 0. The van der Waals surface area contributed by atoms with Crippen LogP contribution in [0.4, 0.5) is 0 Å². The summed E-state index contributed by atoms with van der Waals surface area (Å²) in [6, 6.07) is 13.8. The van der Waals surface area contributed by atoms with Gasteiger partial charge in [0.25, 0.3) is 0 Å². The number of hydrogen-bond acceptors (Lipinski definition) is 3. The van der Waals surface area contributed by atoms with Gasteiger partial charge in [-0.1, -0.05) is 42.5 Å². The van der Waals surface area contributed by atoms with E-state index in [1.165, 1.54) is 0 Å². The Morgan fingerprint density at radius 1 is 1.11 bits per heavy atom. The molecule has 0 bridgehead atoms. The van der Waals surface area contributed by atoms with E-state index >= 15 is 0 Å². The molecule has 4 nitrogen and oxygen atoms in total. The van der Waals surface area contributed by atoms with Crippen LogP contribution >= 0.6 is 0 Å². The van der Waals surface area contributed by atoms with Crippen molar-refractivity contribution >= 4 is 38.9 Å². The Hall–Kier alpha value is -3.27. The van der Waals surface area contributed by atoms with Gasteiger partial charge in [-0.05, 0) is 43.4 Å². The molecule has 0 saturated heterocycles. The van der Waals surface area contributed by atoms with E-state index in [0.717, 1.165) is 32.9 Å². The Morgan fingerprint density at radius 3 is 2.70 bits per heavy atom. The fraction of sp³-hybridized carbons (Fsp3) is 0.174. The van der Waals surface area contributed by atoms with Crippen molar-refractivity contribution in [2.45, 2.75) is 20.3 Å². The molecule has 1 aliphatic carbocycles. The predicted octanol–water partition coefficient (Wildman–Crippen LogP) is 4.44. The molecule has 1 aromatic heterocycles. The first-order chi connectivity index (χ1) is 13.1. The van der Waals surface area contributed by atoms with Crippen LogP contribution in [0.3, 0.4) is 0 Å². The monoisotopic (exact) mass is 356 g/mol. The maximum atomic E-state index is 12.7. The lowest BCUT2D eigenvalue weighted by molar-refractivity contribution is -0.117. The van der Waals surface area contributed by atoms with Crippen molar-refractivity contribution in [3.63, 3.8) is 0 Å². The van der Waals surface area contributed by atoms with Gasteiger partial charge in [-0.2, -0.15) is 0 Å². The number of para-hydroxylation sites is 1. The molecular weight excluding hydrogens is 336 g/mol. The lowest BCUT2D eigenvalue weighted by Crippen LogP contribution is -2.25. The summed E-state index contributed by atoms with van der Waals surface area (Å²) in [7, 11) is 0. The lowest BCUT2D eigenvalue weighted by Gasteiger charge is -2.19. The Bertz CT molecular complexity index is 1160. The molecule has 4 rings (SSSR count). The van der Waals surface area contributed by atoms with E-state index in [-0.39, 0.29) is 11.7 Å². The van der Waals surface area contributed by atoms with Gasteiger partial charge < -0.3 is 5.32 Å². The second kappa shape index (κ2) is 6.80. The van der Waals surface area contributed by atoms with Crippen LogP contribution in [-0.2, 0) is 4.79 Å². The summed E-state index contributed by atoms with van der Waals surface area (Å²) in [5.41, 5.74) is 3.99. The highest BCUT2D eigenvalue weighted by atomic mass is 16.1. The number of aromatic nitrogens is 1. The number of carbonyl (C=O) groups excluding carboxylic acids is 2. The number of nitrogens with one attached hydrogen (secondary N) is 1. The molecule has 1 N–H and O–H groups in total. The molecule has 1 amide bonds. The number of benzene rings is 2. The lowest BCUT2D eigenvalue weighted by atomic mass is 9.88. The molecule has 1 aliphatic rings. The Labute approximate surface area is 157 Å². The molecule has 0 unspecified atom stereocenters. The molecule has 0 aliphatic heterocycles. The minimum Gasteiger partial charge on any atom is -0.352 e. The first-order valence-corrected chi connectivity index (χ1v) is 9.08. The van der Waals surface area contributed by atoms with Gasteiger partial charge in [-0.25, -0.2) is 4.98 Å². The molecule has 4 heteroatoms. The van der Waals surface area contributed by atoms with E-state index in [2.05, 4.69) is 5.32 Å². The number of amides is 1. The maximum absolute atomic E-state index is 12.7. The summed E-state index contributed by atoms with van der Waals surface area (Å²) in [6.45, 7) is 4.08. The number of fused-ring (bicyclic) bond motifs is 2. The normalized spacial score (nSPS) is 13.8. The Morgan fingerprint density at radius 2 is 1.89 bits per heavy atom. The predicted molar refractivity (Wildman–Crippen MR) is 109 cm³/mol. The minimum absolute atomic E-state index is 0.00357. The van der Waals surface area contributed by atoms with E-state index in [1.54, 1.807) is 19.1 Å². The van der Waals surface area contributed by atoms with Crippen LogP contribution in [0.5, 0.6) is 0 Å². The van der Waals surface area contributed by atoms with Crippen molar-refractivity contribution in [1.29, 1.82) is 0 Å². The van der Waals surface area contributed by atoms with Crippen LogP contribution in [0, 0.1) is 0 Å². The first-order valence-electron chi connectivity index (χ1n) is 9.08. The van der Waals surface area contributed by atoms with Crippen LogP contribution in [0.15, 0.2) is 60.2 Å². The fourth-order valence-electron chi connectivity index (χ4n) is 3.52. The van der Waals surface area contributed by atoms with Crippen molar-refractivity contribution < 1.29 is 9.59 Å². The van der Waals surface area contributed by atoms with Crippen molar-refractivity contribution in [3.8, 4) is 0 Å². The van der Waals surface area contributed by atoms with Crippen LogP contribution in [0.25, 0.3) is 27.2 Å². The van der Waals surface area contributed by atoms with Crippen molar-refractivity contribution in [2.75, 3.05) is 6.54 Å². The number of pyridine rings is 1. The molecular formula is C23H20N2O2. The van der Waals surface area contributed by atoms with Gasteiger partial charge in [0.1, 0.15) is 0 Å². The second-order valence-corrected chi connectivity index (χ2v) is 6.72. The smallest absolute Gasteiger partial charge is 0.246 e. The molecule has 0 radical (unpaired) electrons. The minimum atomic E-state index is -0.0859. The molecule has 0 saturated carbocycles. The summed E-state index contributed by atoms with van der Waals surface area (Å²) in [4.78, 5) is 29.5. The molecule has 0 atom stereocenters. The standard InChI is InChI=1S/C23H20N2O2/c1-3-14(2)23(27)24-12-11-15-13-20(26)18-9-6-8-17-16-7-4-5-10-19(16)25-22(15)21(17)18/h3-10,13H,11-12H2,1-2H3,(H,24,27)/b14-3+. The van der Waals surface area contributed by atoms with Crippen molar-refractivity contribution in [1.82, 2.24) is 10.3 Å². The van der Waals surface area contributed by atoms with Crippen LogP contribution < -0.4 is 5.32 Å². The highest BCUT2D eigenvalue weighted by Crippen LogP contribution is 2.36. The van der Waals surface area contributed by atoms with Gasteiger partial charge in [0, 0.05) is 28.5 Å². The first kappa shape index (κ1) is 17.2. The van der Waals surface area contributed by atoms with Crippen molar-refractivity contribution in [2.24, 2.45) is 0 Å². The zero-order chi connectivity index (χ0) is 19.0. The second-order valence-electron chi connectivity index (χ2n) is 6.72. The largest absolute Gasteiger partial charge is 0.352 e. The number of hydrogen-bond donors (Lipinski definition) is 1. The van der Waals surface area contributed by atoms with Gasteiger partial charge in [0.05, 0.1) is 11.2 Å². The summed E-state index contributed by atoms with van der Waals surface area (Å²) in [5.74, 6) is -0.0894. The van der Waals surface area contributed by atoms with E-state index in [9.17, 15) is 9.59 Å². The SMILES string of the molecule is C/C=C(\C)C(=O)NCCC1=CC(=O)c2cccc3c2c1nc1ccccc13. The average Bonchev–Trinajstić information content (AvgIpc) is 2.70. The fourth-order valence-corrected chi connectivity index (χ4v) is 3.52. The van der Waals surface area contributed by atoms with Crippen LogP contribution in [0.1, 0.15) is 36.3 Å². The van der Waals surface area contributed by atoms with Gasteiger partial charge in [-0.15, -0.1) is 0 Å². The van der Waals surface area contributed by atoms with E-state index in [4.69, 9.17) is 4.98 Å². The van der Waals surface area contributed by atoms with E-state index in [0.29, 0.717) is 24.1 Å². The van der Waals surface area contributed by atoms with Gasteiger partial charge >= 0.3 is 0 Å². The molecule has 0 fully saturated rings. The number of carbonyl (C=O) groups is 2. The number of nitrogens with zero attached hydrogens (tertiary/aromatic N) is 1. The topological polar surface area (TPSA) is 59.1 Å². The molecule has 134 valence electrons. The molecule has 2 aromatic carbocycles. The van der Waals surface area contributed by atoms with E-state index < -0.39 is 0 Å². The van der Waals surface area contributed by atoms with Crippen molar-refractivity contribution in [3.05, 3.63) is 71.4 Å². The third-order valence-corrected chi connectivity index (χ3v) is 5.07. The summed E-state index contributed by atoms with van der Waals surface area (Å²) in [5, 5.41) is 5.90. The Balaban J connectivity index is 1.76. The van der Waals surface area contributed by atoms with Gasteiger partial charge in [0.15, 0.2) is 5.78 Å². The molecule has 3 aromatic rings. The third kappa shape index (κ3) is 2.93. The summed E-state index contributed by atoms with van der Waals surface area (Å²) < 4.78 is 0. The van der Waals surface area contributed by atoms with Crippen LogP contribution in [0.2, 0.25) is 0 Å². The molecule has 27 heavy (non-hydrogen) atoms. The third-order valence-electron chi connectivity index (χ3n) is 5.07. The van der Waals surface area contributed by atoms with Gasteiger partial charge in [-0.3, -0.25) is 9.59 Å². The van der Waals surface area contributed by atoms with Crippen LogP contribution in [-0.4, -0.2) is 23.2 Å². The maximum Gasteiger partial charge on any atom is 0.246 e. The molecule has 0 spiro atoms. The van der Waals surface area contributed by atoms with E-state index in [1.807, 2.05) is 49.4 Å². The highest BCUT2D eigenvalue weighted by molar-refractivity contribution is 6.24. The number of allylic oxidation sites excluding steroid dienone is 2. The summed E-state index contributed by atoms with van der Waals surface area (Å²) in [6.07, 6.45) is 4.00. The highest BCUT2D eigenvalue weighted by Gasteiger charge is 2.22.